The van der Waals surface area contributed by atoms with Gasteiger partial charge in [-0.2, -0.15) is 0 Å². The van der Waals surface area contributed by atoms with Crippen LogP contribution in [0.5, 0.6) is 0 Å². The van der Waals surface area contributed by atoms with Gasteiger partial charge in [0.1, 0.15) is 0 Å². The van der Waals surface area contributed by atoms with Crippen LogP contribution in [0.25, 0.3) is 0 Å². The van der Waals surface area contributed by atoms with E-state index in [1.807, 2.05) is 18.7 Å². The standard InChI is InChI=1S/C12H25N3O2.ClH/c1-3-14(4-2)12(17)15-9-7-13(8-10-15)6-5-11-16;/h16H,3-11H2,1-2H3;1H. The van der Waals surface area contributed by atoms with Gasteiger partial charge in [-0.05, 0) is 20.3 Å². The van der Waals surface area contributed by atoms with E-state index < -0.39 is 0 Å². The first-order valence-electron chi connectivity index (χ1n) is 6.70. The van der Waals surface area contributed by atoms with E-state index >= 15 is 0 Å². The fraction of sp³-hybridized carbons (Fsp3) is 0.917. The molecule has 0 aromatic carbocycles. The monoisotopic (exact) mass is 279 g/mol. The molecule has 0 aromatic heterocycles. The van der Waals surface area contributed by atoms with Gasteiger partial charge in [0.2, 0.25) is 0 Å². The van der Waals surface area contributed by atoms with Crippen LogP contribution in [0.15, 0.2) is 0 Å². The number of amides is 2. The number of carbonyl (C=O) groups is 1. The van der Waals surface area contributed by atoms with Gasteiger partial charge in [0.15, 0.2) is 0 Å². The largest absolute Gasteiger partial charge is 1.00 e. The average Bonchev–Trinajstić information content (AvgIpc) is 2.38. The summed E-state index contributed by atoms with van der Waals surface area (Å²) in [5.41, 5.74) is 0. The van der Waals surface area contributed by atoms with E-state index in [1.54, 1.807) is 0 Å². The van der Waals surface area contributed by atoms with Crippen molar-refractivity contribution >= 4 is 6.03 Å². The Labute approximate surface area is 116 Å². The predicted molar refractivity (Wildman–Crippen MR) is 67.2 cm³/mol. The highest BCUT2D eigenvalue weighted by atomic mass is 35.5. The molecule has 0 aromatic rings. The molecule has 1 rings (SSSR count). The smallest absolute Gasteiger partial charge is 0.417 e. The Bertz CT molecular complexity index is 229. The first-order chi connectivity index (χ1) is 8.22. The molecule has 1 fully saturated rings. The number of aliphatic hydroxyl groups is 1. The number of urea groups is 1. The topological polar surface area (TPSA) is 48.2 Å². The highest BCUT2D eigenvalue weighted by Crippen LogP contribution is 2.01. The van der Waals surface area contributed by atoms with E-state index in [9.17, 15) is 4.79 Å². The second kappa shape index (κ2) is 9.55. The minimum atomic E-state index is 0. The highest BCUT2D eigenvalue weighted by molar-refractivity contribution is 5.64. The van der Waals surface area contributed by atoms with E-state index in [0.29, 0.717) is 0 Å². The SMILES string of the molecule is CC[NH+](CC)C(=O)N1CCN(CCCO)CC1.[Cl-]. The Balaban J connectivity index is 0.00000289. The lowest BCUT2D eigenvalue weighted by Gasteiger charge is -2.34. The van der Waals surface area contributed by atoms with Crippen molar-refractivity contribution in [2.75, 3.05) is 52.4 Å². The number of hydrogen-bond donors (Lipinski definition) is 2. The Morgan fingerprint density at radius 3 is 2.17 bits per heavy atom. The summed E-state index contributed by atoms with van der Waals surface area (Å²) in [6.07, 6.45) is 0.829. The molecule has 0 bridgehead atoms. The molecule has 0 aliphatic carbocycles. The summed E-state index contributed by atoms with van der Waals surface area (Å²) in [6.45, 7) is 10.5. The van der Waals surface area contributed by atoms with Gasteiger partial charge in [0, 0.05) is 39.3 Å². The molecule has 1 aliphatic rings. The third-order valence-electron chi connectivity index (χ3n) is 3.45. The molecule has 0 unspecified atom stereocenters. The maximum absolute atomic E-state index is 12.1. The van der Waals surface area contributed by atoms with Gasteiger partial charge in [-0.25, -0.2) is 4.79 Å². The zero-order chi connectivity index (χ0) is 12.7. The Morgan fingerprint density at radius 2 is 1.72 bits per heavy atom. The van der Waals surface area contributed by atoms with Gasteiger partial charge in [-0.1, -0.05) is 0 Å². The summed E-state index contributed by atoms with van der Waals surface area (Å²) in [5.74, 6) is 0. The fourth-order valence-electron chi connectivity index (χ4n) is 2.24. The lowest BCUT2D eigenvalue weighted by atomic mass is 10.3. The summed E-state index contributed by atoms with van der Waals surface area (Å²) in [7, 11) is 0. The molecule has 1 saturated heterocycles. The highest BCUT2D eigenvalue weighted by Gasteiger charge is 2.27. The summed E-state index contributed by atoms with van der Waals surface area (Å²) < 4.78 is 0. The molecular weight excluding hydrogens is 254 g/mol. The van der Waals surface area contributed by atoms with E-state index in [1.165, 1.54) is 0 Å². The quantitative estimate of drug-likeness (QED) is 0.540. The van der Waals surface area contributed by atoms with Crippen molar-refractivity contribution in [2.45, 2.75) is 20.3 Å². The summed E-state index contributed by atoms with van der Waals surface area (Å²) in [4.78, 5) is 17.4. The van der Waals surface area contributed by atoms with Crippen LogP contribution >= 0.6 is 0 Å². The lowest BCUT2D eigenvalue weighted by molar-refractivity contribution is -0.815. The maximum Gasteiger partial charge on any atom is 0.417 e. The van der Waals surface area contributed by atoms with Crippen LogP contribution in [0.4, 0.5) is 4.79 Å². The number of carbonyl (C=O) groups excluding carboxylic acids is 1. The Morgan fingerprint density at radius 1 is 1.17 bits per heavy atom. The van der Waals surface area contributed by atoms with E-state index in [0.717, 1.165) is 57.1 Å². The van der Waals surface area contributed by atoms with Gasteiger partial charge >= 0.3 is 6.03 Å². The van der Waals surface area contributed by atoms with Crippen molar-refractivity contribution in [2.24, 2.45) is 0 Å². The van der Waals surface area contributed by atoms with Gasteiger partial charge in [0.25, 0.3) is 0 Å². The van der Waals surface area contributed by atoms with Gasteiger partial charge in [0.05, 0.1) is 13.1 Å². The minimum absolute atomic E-state index is 0. The van der Waals surface area contributed by atoms with Crippen molar-refractivity contribution in [3.05, 3.63) is 0 Å². The molecule has 2 N–H and O–H groups in total. The molecule has 0 radical (unpaired) electrons. The van der Waals surface area contributed by atoms with Crippen LogP contribution in [-0.4, -0.2) is 73.4 Å². The first kappa shape index (κ1) is 17.6. The Kier molecular flexibility index (Phi) is 9.36. The zero-order valence-electron chi connectivity index (χ0n) is 11.5. The molecular formula is C12H26ClN3O2. The average molecular weight is 280 g/mol. The number of aliphatic hydroxyl groups excluding tert-OH is 1. The van der Waals surface area contributed by atoms with Gasteiger partial charge in [-0.15, -0.1) is 0 Å². The van der Waals surface area contributed by atoms with E-state index in [-0.39, 0.29) is 25.0 Å². The molecule has 0 saturated carbocycles. The minimum Gasteiger partial charge on any atom is -1.00 e. The molecule has 0 atom stereocenters. The fourth-order valence-corrected chi connectivity index (χ4v) is 2.24. The number of rotatable bonds is 5. The summed E-state index contributed by atoms with van der Waals surface area (Å²) in [6, 6.07) is 0.247. The number of quaternary nitrogens is 1. The number of piperazine rings is 1. The predicted octanol–water partition coefficient (Wildman–Crippen LogP) is -3.96. The normalized spacial score (nSPS) is 16.8. The van der Waals surface area contributed by atoms with E-state index in [2.05, 4.69) is 4.90 Å². The van der Waals surface area contributed by atoms with Gasteiger partial charge < -0.3 is 17.5 Å². The van der Waals surface area contributed by atoms with Crippen molar-refractivity contribution < 1.29 is 27.2 Å². The van der Waals surface area contributed by atoms with Crippen molar-refractivity contribution in [3.8, 4) is 0 Å². The van der Waals surface area contributed by atoms with Crippen LogP contribution in [0.1, 0.15) is 20.3 Å². The van der Waals surface area contributed by atoms with Crippen LogP contribution in [-0.2, 0) is 0 Å². The maximum atomic E-state index is 12.1. The van der Waals surface area contributed by atoms with E-state index in [4.69, 9.17) is 5.11 Å². The van der Waals surface area contributed by atoms with Crippen LogP contribution in [0, 0.1) is 0 Å². The first-order valence-corrected chi connectivity index (χ1v) is 6.70. The molecule has 2 amide bonds. The number of nitrogens with one attached hydrogen (secondary N) is 1. The third kappa shape index (κ3) is 5.10. The molecule has 6 heteroatoms. The molecule has 108 valence electrons. The number of nitrogens with zero attached hydrogens (tertiary/aromatic N) is 2. The van der Waals surface area contributed by atoms with Gasteiger partial charge in [-0.3, -0.25) is 14.7 Å². The number of halogens is 1. The van der Waals surface area contributed by atoms with Crippen LogP contribution in [0.2, 0.25) is 0 Å². The molecule has 1 heterocycles. The van der Waals surface area contributed by atoms with Crippen LogP contribution < -0.4 is 17.3 Å². The Hall–Kier alpha value is -0.360. The molecule has 0 spiro atoms. The zero-order valence-corrected chi connectivity index (χ0v) is 12.2. The molecule has 5 nitrogen and oxygen atoms in total. The van der Waals surface area contributed by atoms with Crippen LogP contribution in [0.3, 0.4) is 0 Å². The van der Waals surface area contributed by atoms with Crippen molar-refractivity contribution in [1.82, 2.24) is 9.80 Å². The lowest BCUT2D eigenvalue weighted by Crippen LogP contribution is -3.15. The molecule has 18 heavy (non-hydrogen) atoms. The third-order valence-corrected chi connectivity index (χ3v) is 3.45. The number of hydrogen-bond acceptors (Lipinski definition) is 3. The van der Waals surface area contributed by atoms with Crippen molar-refractivity contribution in [3.63, 3.8) is 0 Å². The summed E-state index contributed by atoms with van der Waals surface area (Å²) in [5, 5.41) is 8.78. The second-order valence-electron chi connectivity index (χ2n) is 4.52. The second-order valence-corrected chi connectivity index (χ2v) is 4.52. The summed E-state index contributed by atoms with van der Waals surface area (Å²) >= 11 is 0. The molecule has 1 aliphatic heterocycles. The van der Waals surface area contributed by atoms with Crippen molar-refractivity contribution in [1.29, 1.82) is 0 Å².